The van der Waals surface area contributed by atoms with Gasteiger partial charge in [-0.1, -0.05) is 18.2 Å². The maximum atomic E-state index is 12.6. The van der Waals surface area contributed by atoms with Crippen LogP contribution in [0.2, 0.25) is 0 Å². The van der Waals surface area contributed by atoms with Gasteiger partial charge in [-0.25, -0.2) is 4.79 Å². The summed E-state index contributed by atoms with van der Waals surface area (Å²) in [5.74, 6) is -1.42. The normalized spacial score (nSPS) is 17.2. The molecule has 0 saturated carbocycles. The van der Waals surface area contributed by atoms with Crippen molar-refractivity contribution in [1.82, 2.24) is 10.2 Å². The fourth-order valence-corrected chi connectivity index (χ4v) is 2.52. The average Bonchev–Trinajstić information content (AvgIpc) is 2.50. The molecule has 2 rings (SSSR count). The number of carboxylic acid groups (broad SMARTS) is 1. The van der Waals surface area contributed by atoms with E-state index in [-0.39, 0.29) is 12.6 Å². The third-order valence-electron chi connectivity index (χ3n) is 3.76. The molecule has 1 unspecified atom stereocenters. The van der Waals surface area contributed by atoms with Gasteiger partial charge in [-0.05, 0) is 25.1 Å². The van der Waals surface area contributed by atoms with E-state index in [0.717, 1.165) is 11.3 Å². The Morgan fingerprint density at radius 2 is 2.14 bits per heavy atom. The van der Waals surface area contributed by atoms with Crippen molar-refractivity contribution >= 4 is 17.7 Å². The molecule has 1 aliphatic heterocycles. The number of fused-ring (bicyclic) bond motifs is 1. The van der Waals surface area contributed by atoms with Crippen LogP contribution >= 0.6 is 0 Å². The first-order valence-electron chi connectivity index (χ1n) is 7.02. The van der Waals surface area contributed by atoms with Crippen molar-refractivity contribution in [3.05, 3.63) is 29.8 Å². The monoisotopic (exact) mass is 291 g/mol. The highest BCUT2D eigenvalue weighted by molar-refractivity contribution is 5.94. The molecule has 2 N–H and O–H groups in total. The number of carbonyl (C=O) groups excluding carboxylic acids is 1. The summed E-state index contributed by atoms with van der Waals surface area (Å²) in [5, 5.41) is 12.3. The third kappa shape index (κ3) is 3.33. The summed E-state index contributed by atoms with van der Waals surface area (Å²) in [4.78, 5) is 27.1. The second kappa shape index (κ2) is 6.58. The first-order valence-corrected chi connectivity index (χ1v) is 7.02. The summed E-state index contributed by atoms with van der Waals surface area (Å²) in [5.41, 5.74) is 1.72. The molecule has 1 aromatic rings. The number of aliphatic carboxylic acids is 1. The average molecular weight is 291 g/mol. The van der Waals surface area contributed by atoms with Gasteiger partial charge >= 0.3 is 12.0 Å². The van der Waals surface area contributed by atoms with Crippen LogP contribution in [-0.2, 0) is 11.2 Å². The molecule has 0 spiro atoms. The van der Waals surface area contributed by atoms with Gasteiger partial charge < -0.3 is 15.3 Å². The van der Waals surface area contributed by atoms with Gasteiger partial charge in [0.25, 0.3) is 0 Å². The quantitative estimate of drug-likeness (QED) is 0.869. The zero-order valence-electron chi connectivity index (χ0n) is 12.4. The summed E-state index contributed by atoms with van der Waals surface area (Å²) >= 11 is 0. The lowest BCUT2D eigenvalue weighted by atomic mass is 9.93. The largest absolute Gasteiger partial charge is 0.481 e. The Bertz CT molecular complexity index is 533. The fraction of sp³-hybridized carbons (Fsp3) is 0.467. The Hall–Kier alpha value is -2.08. The zero-order chi connectivity index (χ0) is 15.4. The Balaban J connectivity index is 2.24. The molecule has 114 valence electrons. The van der Waals surface area contributed by atoms with Crippen LogP contribution in [0, 0.1) is 5.92 Å². The van der Waals surface area contributed by atoms with Crippen LogP contribution in [0.15, 0.2) is 24.3 Å². The molecular formula is C15H21N3O3. The number of nitrogens with one attached hydrogen (secondary N) is 1. The van der Waals surface area contributed by atoms with Gasteiger partial charge in [0.1, 0.15) is 0 Å². The number of likely N-dealkylation sites (N-methyl/N-ethyl adjacent to an activating group) is 2. The number of urea groups is 1. The van der Waals surface area contributed by atoms with E-state index >= 15 is 0 Å². The van der Waals surface area contributed by atoms with Crippen molar-refractivity contribution in [2.75, 3.05) is 38.6 Å². The van der Waals surface area contributed by atoms with Crippen molar-refractivity contribution in [1.29, 1.82) is 0 Å². The van der Waals surface area contributed by atoms with Crippen LogP contribution in [-0.4, -0.2) is 55.7 Å². The van der Waals surface area contributed by atoms with E-state index in [1.54, 1.807) is 16.8 Å². The SMILES string of the molecule is CNCCN(C)C(=O)N1CC(C(=O)O)Cc2ccccc21. The lowest BCUT2D eigenvalue weighted by Gasteiger charge is -2.35. The third-order valence-corrected chi connectivity index (χ3v) is 3.76. The molecule has 1 aliphatic rings. The first-order chi connectivity index (χ1) is 10.0. The number of hydrogen-bond donors (Lipinski definition) is 2. The minimum atomic E-state index is -0.861. The molecule has 0 aromatic heterocycles. The number of carboxylic acids is 1. The molecule has 21 heavy (non-hydrogen) atoms. The van der Waals surface area contributed by atoms with Crippen LogP contribution < -0.4 is 10.2 Å². The van der Waals surface area contributed by atoms with E-state index in [2.05, 4.69) is 5.32 Å². The van der Waals surface area contributed by atoms with Crippen molar-refractivity contribution in [3.8, 4) is 0 Å². The second-order valence-corrected chi connectivity index (χ2v) is 5.29. The molecule has 1 heterocycles. The van der Waals surface area contributed by atoms with Crippen LogP contribution in [0.4, 0.5) is 10.5 Å². The summed E-state index contributed by atoms with van der Waals surface area (Å²) in [6.45, 7) is 1.49. The number of carbonyl (C=O) groups is 2. The number of amides is 2. The molecule has 0 aliphatic carbocycles. The van der Waals surface area contributed by atoms with Crippen LogP contribution in [0.25, 0.3) is 0 Å². The van der Waals surface area contributed by atoms with E-state index in [1.165, 1.54) is 0 Å². The fourth-order valence-electron chi connectivity index (χ4n) is 2.52. The van der Waals surface area contributed by atoms with Gasteiger partial charge in [0.15, 0.2) is 0 Å². The number of nitrogens with zero attached hydrogens (tertiary/aromatic N) is 2. The predicted octanol–water partition coefficient (Wildman–Crippen LogP) is 1.02. The van der Waals surface area contributed by atoms with E-state index < -0.39 is 11.9 Å². The van der Waals surface area contributed by atoms with Crippen molar-refractivity contribution in [2.45, 2.75) is 6.42 Å². The summed E-state index contributed by atoms with van der Waals surface area (Å²) in [6, 6.07) is 7.34. The van der Waals surface area contributed by atoms with Crippen LogP contribution in [0.5, 0.6) is 0 Å². The summed E-state index contributed by atoms with van der Waals surface area (Å²) in [7, 11) is 3.56. The molecule has 2 amide bonds. The number of rotatable bonds is 4. The van der Waals surface area contributed by atoms with E-state index in [1.807, 2.05) is 31.3 Å². The van der Waals surface area contributed by atoms with Gasteiger partial charge in [0.05, 0.1) is 5.92 Å². The molecule has 0 fully saturated rings. The van der Waals surface area contributed by atoms with Gasteiger partial charge in [-0.3, -0.25) is 9.69 Å². The topological polar surface area (TPSA) is 72.9 Å². The molecule has 6 heteroatoms. The van der Waals surface area contributed by atoms with Crippen LogP contribution in [0.3, 0.4) is 0 Å². The predicted molar refractivity (Wildman–Crippen MR) is 80.6 cm³/mol. The first kappa shape index (κ1) is 15.3. The van der Waals surface area contributed by atoms with E-state index in [4.69, 9.17) is 0 Å². The minimum Gasteiger partial charge on any atom is -0.481 e. The van der Waals surface area contributed by atoms with Gasteiger partial charge in [-0.2, -0.15) is 0 Å². The number of anilines is 1. The smallest absolute Gasteiger partial charge is 0.324 e. The summed E-state index contributed by atoms with van der Waals surface area (Å²) < 4.78 is 0. The van der Waals surface area contributed by atoms with Gasteiger partial charge in [0, 0.05) is 32.4 Å². The Morgan fingerprint density at radius 3 is 2.81 bits per heavy atom. The second-order valence-electron chi connectivity index (χ2n) is 5.29. The van der Waals surface area contributed by atoms with E-state index in [0.29, 0.717) is 19.5 Å². The lowest BCUT2D eigenvalue weighted by molar-refractivity contribution is -0.141. The molecular weight excluding hydrogens is 270 g/mol. The molecule has 6 nitrogen and oxygen atoms in total. The standard InChI is InChI=1S/C15H21N3O3/c1-16-7-8-17(2)15(21)18-10-12(14(19)20)9-11-5-3-4-6-13(11)18/h3-6,12,16H,7-10H2,1-2H3,(H,19,20). The molecule has 1 atom stereocenters. The molecule has 0 bridgehead atoms. The highest BCUT2D eigenvalue weighted by Crippen LogP contribution is 2.30. The van der Waals surface area contributed by atoms with Crippen molar-refractivity contribution in [3.63, 3.8) is 0 Å². The van der Waals surface area contributed by atoms with Gasteiger partial charge in [0.2, 0.25) is 0 Å². The Kier molecular flexibility index (Phi) is 4.80. The number of para-hydroxylation sites is 1. The zero-order valence-corrected chi connectivity index (χ0v) is 12.4. The Morgan fingerprint density at radius 1 is 1.43 bits per heavy atom. The highest BCUT2D eigenvalue weighted by Gasteiger charge is 2.33. The maximum absolute atomic E-state index is 12.6. The maximum Gasteiger partial charge on any atom is 0.324 e. The molecule has 0 radical (unpaired) electrons. The molecule has 0 saturated heterocycles. The molecule has 1 aromatic carbocycles. The minimum absolute atomic E-state index is 0.163. The highest BCUT2D eigenvalue weighted by atomic mass is 16.4. The van der Waals surface area contributed by atoms with Crippen LogP contribution in [0.1, 0.15) is 5.56 Å². The lowest BCUT2D eigenvalue weighted by Crippen LogP contribution is -2.49. The van der Waals surface area contributed by atoms with Crippen molar-refractivity contribution in [2.24, 2.45) is 5.92 Å². The Labute approximate surface area is 124 Å². The van der Waals surface area contributed by atoms with Gasteiger partial charge in [-0.15, -0.1) is 0 Å². The van der Waals surface area contributed by atoms with Crippen molar-refractivity contribution < 1.29 is 14.7 Å². The number of benzene rings is 1. The number of hydrogen-bond acceptors (Lipinski definition) is 3. The summed E-state index contributed by atoms with van der Waals surface area (Å²) in [6.07, 6.45) is 0.468. The van der Waals surface area contributed by atoms with E-state index in [9.17, 15) is 14.7 Å².